The van der Waals surface area contributed by atoms with Crippen LogP contribution in [0.1, 0.15) is 0 Å². The third kappa shape index (κ3) is 11.5. The number of rotatable bonds is 4. The molecule has 0 aliphatic carbocycles. The van der Waals surface area contributed by atoms with Crippen LogP contribution in [0.5, 0.6) is 0 Å². The highest BCUT2D eigenvalue weighted by atomic mass is 35.5. The van der Waals surface area contributed by atoms with E-state index in [9.17, 15) is 4.79 Å². The molecule has 0 fully saturated rings. The van der Waals surface area contributed by atoms with Crippen LogP contribution >= 0.6 is 24.0 Å². The molecule has 0 aromatic rings. The number of hydrogen-bond acceptors (Lipinski definition) is 2. The summed E-state index contributed by atoms with van der Waals surface area (Å²) in [5, 5.41) is 10.6. The lowest BCUT2D eigenvalue weighted by Crippen LogP contribution is -2.23. The summed E-state index contributed by atoms with van der Waals surface area (Å²) in [7, 11) is 0. The van der Waals surface area contributed by atoms with Crippen molar-refractivity contribution in [1.82, 2.24) is 5.32 Å². The van der Waals surface area contributed by atoms with E-state index in [4.69, 9.17) is 16.7 Å². The van der Waals surface area contributed by atoms with E-state index >= 15 is 0 Å². The predicted octanol–water partition coefficient (Wildman–Crippen LogP) is 0.321. The van der Waals surface area contributed by atoms with E-state index in [1.54, 1.807) is 0 Å². The van der Waals surface area contributed by atoms with Crippen LogP contribution in [0.3, 0.4) is 0 Å². The minimum absolute atomic E-state index is 0. The van der Waals surface area contributed by atoms with Gasteiger partial charge in [-0.25, -0.2) is 0 Å². The van der Waals surface area contributed by atoms with Crippen molar-refractivity contribution in [3.05, 3.63) is 0 Å². The number of aliphatic carboxylic acids is 1. The maximum Gasteiger partial charge on any atom is 0.317 e. The van der Waals surface area contributed by atoms with E-state index in [0.717, 1.165) is 0 Å². The molecular weight excluding hydrogens is 165 g/mol. The fraction of sp³-hybridized carbons (Fsp3) is 0.750. The van der Waals surface area contributed by atoms with Crippen LogP contribution in [-0.4, -0.2) is 30.0 Å². The fourth-order valence-corrected chi connectivity index (χ4v) is 0.396. The van der Waals surface area contributed by atoms with Crippen molar-refractivity contribution in [2.75, 3.05) is 19.0 Å². The van der Waals surface area contributed by atoms with Gasteiger partial charge in [0.2, 0.25) is 0 Å². The van der Waals surface area contributed by atoms with E-state index in [2.05, 4.69) is 5.32 Å². The molecule has 3 nitrogen and oxygen atoms in total. The molecule has 0 spiro atoms. The van der Waals surface area contributed by atoms with Crippen molar-refractivity contribution in [2.24, 2.45) is 0 Å². The summed E-state index contributed by atoms with van der Waals surface area (Å²) < 4.78 is 0. The first kappa shape index (κ1) is 11.8. The predicted molar refractivity (Wildman–Crippen MR) is 38.5 cm³/mol. The molecule has 56 valence electrons. The van der Waals surface area contributed by atoms with E-state index < -0.39 is 5.97 Å². The molecule has 2 N–H and O–H groups in total. The van der Waals surface area contributed by atoms with Crippen LogP contribution < -0.4 is 5.32 Å². The van der Waals surface area contributed by atoms with Gasteiger partial charge in [0.25, 0.3) is 0 Å². The van der Waals surface area contributed by atoms with Gasteiger partial charge in [0.15, 0.2) is 0 Å². The monoisotopic (exact) mass is 173 g/mol. The molecule has 0 aliphatic rings. The van der Waals surface area contributed by atoms with Crippen molar-refractivity contribution in [3.63, 3.8) is 0 Å². The first-order valence-corrected chi connectivity index (χ1v) is 2.79. The Hall–Kier alpha value is 0.01000. The van der Waals surface area contributed by atoms with Crippen LogP contribution in [0, 0.1) is 0 Å². The lowest BCUT2D eigenvalue weighted by Gasteiger charge is -1.93. The fourth-order valence-electron chi connectivity index (χ4n) is 0.262. The molecule has 0 aromatic carbocycles. The molecular formula is C4H9Cl2NO2. The maximum atomic E-state index is 9.77. The van der Waals surface area contributed by atoms with Crippen molar-refractivity contribution in [2.45, 2.75) is 0 Å². The van der Waals surface area contributed by atoms with Gasteiger partial charge in [0, 0.05) is 12.4 Å². The number of hydrogen-bond donors (Lipinski definition) is 2. The lowest BCUT2D eigenvalue weighted by molar-refractivity contribution is -0.135. The number of carboxylic acids is 1. The van der Waals surface area contributed by atoms with Gasteiger partial charge in [-0.05, 0) is 0 Å². The van der Waals surface area contributed by atoms with Gasteiger partial charge < -0.3 is 10.4 Å². The average Bonchev–Trinajstić information content (AvgIpc) is 1.66. The Morgan fingerprint density at radius 1 is 1.67 bits per heavy atom. The van der Waals surface area contributed by atoms with Gasteiger partial charge in [-0.3, -0.25) is 4.79 Å². The normalized spacial score (nSPS) is 8.11. The van der Waals surface area contributed by atoms with Crippen LogP contribution in [-0.2, 0) is 4.79 Å². The van der Waals surface area contributed by atoms with E-state index in [1.807, 2.05) is 0 Å². The second kappa shape index (κ2) is 8.01. The van der Waals surface area contributed by atoms with Crippen LogP contribution in [0.2, 0.25) is 0 Å². The standard InChI is InChI=1S/C4H8ClNO2.ClH/c5-1-2-6-3-4(7)8;/h6H,1-3H2,(H,7,8);1H. The highest BCUT2D eigenvalue weighted by Crippen LogP contribution is 1.68. The lowest BCUT2D eigenvalue weighted by atomic mass is 10.6. The molecule has 0 saturated heterocycles. The second-order valence-corrected chi connectivity index (χ2v) is 1.64. The van der Waals surface area contributed by atoms with Gasteiger partial charge >= 0.3 is 5.97 Å². The highest BCUT2D eigenvalue weighted by molar-refractivity contribution is 6.18. The summed E-state index contributed by atoms with van der Waals surface area (Å²) in [5.74, 6) is -0.400. The third-order valence-electron chi connectivity index (χ3n) is 0.547. The largest absolute Gasteiger partial charge is 0.480 e. The Kier molecular flexibility index (Phi) is 10.5. The quantitative estimate of drug-likeness (QED) is 0.476. The van der Waals surface area contributed by atoms with Crippen molar-refractivity contribution >= 4 is 30.0 Å². The molecule has 0 aromatic heterocycles. The molecule has 9 heavy (non-hydrogen) atoms. The maximum absolute atomic E-state index is 9.77. The minimum Gasteiger partial charge on any atom is -0.480 e. The molecule has 0 aliphatic heterocycles. The Morgan fingerprint density at radius 3 is 2.56 bits per heavy atom. The van der Waals surface area contributed by atoms with Gasteiger partial charge in [0.1, 0.15) is 0 Å². The van der Waals surface area contributed by atoms with Gasteiger partial charge in [-0.1, -0.05) is 0 Å². The number of nitrogens with one attached hydrogen (secondary N) is 1. The molecule has 0 saturated carbocycles. The Bertz CT molecular complexity index is 79.0. The average molecular weight is 174 g/mol. The SMILES string of the molecule is Cl.O=C(O)CNCCCl. The van der Waals surface area contributed by atoms with Crippen LogP contribution in [0.25, 0.3) is 0 Å². The van der Waals surface area contributed by atoms with Crippen molar-refractivity contribution in [1.29, 1.82) is 0 Å². The van der Waals surface area contributed by atoms with E-state index in [0.29, 0.717) is 12.4 Å². The van der Waals surface area contributed by atoms with Gasteiger partial charge in [-0.15, -0.1) is 24.0 Å². The number of alkyl halides is 1. The minimum atomic E-state index is -0.852. The second-order valence-electron chi connectivity index (χ2n) is 1.26. The number of carboxylic acid groups (broad SMARTS) is 1. The zero-order chi connectivity index (χ0) is 6.41. The first-order valence-electron chi connectivity index (χ1n) is 2.26. The topological polar surface area (TPSA) is 49.3 Å². The third-order valence-corrected chi connectivity index (χ3v) is 0.736. The zero-order valence-corrected chi connectivity index (χ0v) is 6.34. The summed E-state index contributed by atoms with van der Waals surface area (Å²) in [6.45, 7) is 0.542. The highest BCUT2D eigenvalue weighted by Gasteiger charge is 1.91. The Balaban J connectivity index is 0. The molecule has 0 bridgehead atoms. The van der Waals surface area contributed by atoms with Crippen LogP contribution in [0.15, 0.2) is 0 Å². The molecule has 5 heteroatoms. The summed E-state index contributed by atoms with van der Waals surface area (Å²) in [6, 6.07) is 0. The molecule has 0 unspecified atom stereocenters. The summed E-state index contributed by atoms with van der Waals surface area (Å²) in [5.41, 5.74) is 0. The van der Waals surface area contributed by atoms with Gasteiger partial charge in [-0.2, -0.15) is 0 Å². The zero-order valence-electron chi connectivity index (χ0n) is 4.76. The van der Waals surface area contributed by atoms with E-state index in [1.165, 1.54) is 0 Å². The number of halogens is 2. The smallest absolute Gasteiger partial charge is 0.317 e. The molecule has 0 atom stereocenters. The van der Waals surface area contributed by atoms with Crippen molar-refractivity contribution < 1.29 is 9.90 Å². The molecule has 0 rings (SSSR count). The Labute approximate surface area is 64.8 Å². The van der Waals surface area contributed by atoms with Crippen LogP contribution in [0.4, 0.5) is 0 Å². The molecule has 0 amide bonds. The van der Waals surface area contributed by atoms with Gasteiger partial charge in [0.05, 0.1) is 6.54 Å². The number of carbonyl (C=O) groups is 1. The summed E-state index contributed by atoms with van der Waals surface area (Å²) in [6.07, 6.45) is 0. The van der Waals surface area contributed by atoms with Crippen molar-refractivity contribution in [3.8, 4) is 0 Å². The Morgan fingerprint density at radius 2 is 2.22 bits per heavy atom. The molecule has 0 radical (unpaired) electrons. The van der Waals surface area contributed by atoms with E-state index in [-0.39, 0.29) is 19.0 Å². The first-order chi connectivity index (χ1) is 3.77. The summed E-state index contributed by atoms with van der Waals surface area (Å²) in [4.78, 5) is 9.77. The molecule has 0 heterocycles. The summed E-state index contributed by atoms with van der Waals surface area (Å²) >= 11 is 5.23.